The van der Waals surface area contributed by atoms with Crippen LogP contribution in [0.4, 0.5) is 0 Å². The Morgan fingerprint density at radius 2 is 1.92 bits per heavy atom. The summed E-state index contributed by atoms with van der Waals surface area (Å²) >= 11 is 3.44. The number of aromatic nitrogens is 1. The number of carboxylic acid groups (broad SMARTS) is 1. The maximum Gasteiger partial charge on any atom is 0.307 e. The van der Waals surface area contributed by atoms with E-state index in [1.165, 1.54) is 5.56 Å². The molecule has 0 saturated heterocycles. The van der Waals surface area contributed by atoms with Crippen LogP contribution in [-0.2, 0) is 17.6 Å². The summed E-state index contributed by atoms with van der Waals surface area (Å²) in [6, 6.07) is 14.3. The van der Waals surface area contributed by atoms with Crippen molar-refractivity contribution in [2.75, 3.05) is 0 Å². The number of carboxylic acids is 1. The number of halogens is 1. The Hall–Kier alpha value is -2.07. The van der Waals surface area contributed by atoms with Crippen molar-refractivity contribution in [3.8, 4) is 11.3 Å². The van der Waals surface area contributed by atoms with E-state index < -0.39 is 5.97 Å². The van der Waals surface area contributed by atoms with E-state index in [-0.39, 0.29) is 6.42 Å². The Labute approximate surface area is 149 Å². The Bertz CT molecular complexity index is 865. The molecule has 3 rings (SSSR count). The highest BCUT2D eigenvalue weighted by molar-refractivity contribution is 9.10. The minimum absolute atomic E-state index is 0.0165. The second-order valence-corrected chi connectivity index (χ2v) is 6.96. The lowest BCUT2D eigenvalue weighted by Crippen LogP contribution is -2.01. The van der Waals surface area contributed by atoms with Gasteiger partial charge in [-0.05, 0) is 53.8 Å². The van der Waals surface area contributed by atoms with Gasteiger partial charge >= 0.3 is 5.97 Å². The summed E-state index contributed by atoms with van der Waals surface area (Å²) in [5, 5.41) is 10.4. The summed E-state index contributed by atoms with van der Waals surface area (Å²) in [6.07, 6.45) is 3.33. The van der Waals surface area contributed by atoms with Gasteiger partial charge in [-0.25, -0.2) is 0 Å². The van der Waals surface area contributed by atoms with Crippen molar-refractivity contribution in [2.24, 2.45) is 0 Å². The lowest BCUT2D eigenvalue weighted by Gasteiger charge is -2.04. The molecule has 0 saturated carbocycles. The first-order valence-electron chi connectivity index (χ1n) is 8.19. The Balaban J connectivity index is 2.13. The zero-order valence-corrected chi connectivity index (χ0v) is 15.2. The molecule has 1 heterocycles. The summed E-state index contributed by atoms with van der Waals surface area (Å²) < 4.78 is 1.00. The van der Waals surface area contributed by atoms with Gasteiger partial charge in [-0.15, -0.1) is 0 Å². The van der Waals surface area contributed by atoms with Crippen molar-refractivity contribution < 1.29 is 9.90 Å². The number of aryl methyl sites for hydroxylation is 1. The average Bonchev–Trinajstić information content (AvgIpc) is 2.91. The molecule has 0 atom stereocenters. The molecule has 0 aliphatic carbocycles. The molecule has 2 aromatic carbocycles. The number of aliphatic carboxylic acids is 1. The van der Waals surface area contributed by atoms with Gasteiger partial charge in [-0.3, -0.25) is 4.79 Å². The van der Waals surface area contributed by atoms with Crippen LogP contribution >= 0.6 is 15.9 Å². The van der Waals surface area contributed by atoms with Crippen LogP contribution in [-0.4, -0.2) is 16.1 Å². The van der Waals surface area contributed by atoms with Crippen LogP contribution in [0, 0.1) is 0 Å². The van der Waals surface area contributed by atoms with Gasteiger partial charge in [0, 0.05) is 15.4 Å². The molecule has 3 aromatic rings. The number of hydrogen-bond donors (Lipinski definition) is 2. The predicted octanol–water partition coefficient (Wildman–Crippen LogP) is 5.57. The van der Waals surface area contributed by atoms with Crippen LogP contribution in [0.25, 0.3) is 22.2 Å². The molecule has 0 fully saturated rings. The molecule has 0 bridgehead atoms. The van der Waals surface area contributed by atoms with Gasteiger partial charge in [0.1, 0.15) is 0 Å². The highest BCUT2D eigenvalue weighted by Crippen LogP contribution is 2.32. The third-order valence-electron chi connectivity index (χ3n) is 4.25. The second-order valence-electron chi connectivity index (χ2n) is 6.04. The molecule has 0 aliphatic heterocycles. The predicted molar refractivity (Wildman–Crippen MR) is 101 cm³/mol. The third kappa shape index (κ3) is 3.54. The Kier molecular flexibility index (Phi) is 5.05. The van der Waals surface area contributed by atoms with Gasteiger partial charge in [-0.1, -0.05) is 47.5 Å². The van der Waals surface area contributed by atoms with Gasteiger partial charge in [-0.2, -0.15) is 0 Å². The van der Waals surface area contributed by atoms with Crippen molar-refractivity contribution in [3.05, 3.63) is 58.1 Å². The van der Waals surface area contributed by atoms with E-state index >= 15 is 0 Å². The van der Waals surface area contributed by atoms with Crippen molar-refractivity contribution in [2.45, 2.75) is 32.6 Å². The fourth-order valence-corrected chi connectivity index (χ4v) is 3.29. The molecular weight excluding hydrogens is 366 g/mol. The standard InChI is InChI=1S/C20H20BrNO2/c1-2-3-4-13-5-10-18-16(11-13)17(12-19(23)24)20(22-18)14-6-8-15(21)9-7-14/h5-11,22H,2-4,12H2,1H3,(H,23,24). The van der Waals surface area contributed by atoms with E-state index in [0.717, 1.165) is 51.5 Å². The van der Waals surface area contributed by atoms with Crippen LogP contribution in [0.1, 0.15) is 30.9 Å². The summed E-state index contributed by atoms with van der Waals surface area (Å²) in [6.45, 7) is 2.18. The summed E-state index contributed by atoms with van der Waals surface area (Å²) in [4.78, 5) is 14.8. The van der Waals surface area contributed by atoms with Crippen LogP contribution in [0.3, 0.4) is 0 Å². The van der Waals surface area contributed by atoms with Crippen LogP contribution in [0.5, 0.6) is 0 Å². The van der Waals surface area contributed by atoms with Crippen molar-refractivity contribution >= 4 is 32.8 Å². The molecule has 0 aliphatic rings. The molecule has 0 amide bonds. The molecule has 124 valence electrons. The number of benzene rings is 2. The molecular formula is C20H20BrNO2. The zero-order chi connectivity index (χ0) is 17.1. The number of carbonyl (C=O) groups is 1. The number of aromatic amines is 1. The van der Waals surface area contributed by atoms with Gasteiger partial charge in [0.05, 0.1) is 12.1 Å². The molecule has 1 aromatic heterocycles. The van der Waals surface area contributed by atoms with E-state index in [1.807, 2.05) is 24.3 Å². The average molecular weight is 386 g/mol. The maximum absolute atomic E-state index is 11.4. The Morgan fingerprint density at radius 1 is 1.17 bits per heavy atom. The quantitative estimate of drug-likeness (QED) is 0.582. The highest BCUT2D eigenvalue weighted by atomic mass is 79.9. The minimum Gasteiger partial charge on any atom is -0.481 e. The van der Waals surface area contributed by atoms with E-state index in [0.29, 0.717) is 0 Å². The van der Waals surface area contributed by atoms with Gasteiger partial charge in [0.2, 0.25) is 0 Å². The molecule has 4 heteroatoms. The van der Waals surface area contributed by atoms with Gasteiger partial charge < -0.3 is 10.1 Å². The number of hydrogen-bond acceptors (Lipinski definition) is 1. The van der Waals surface area contributed by atoms with Crippen molar-refractivity contribution in [1.82, 2.24) is 4.98 Å². The fraction of sp³-hybridized carbons (Fsp3) is 0.250. The fourth-order valence-electron chi connectivity index (χ4n) is 3.03. The normalized spacial score (nSPS) is 11.1. The molecule has 0 radical (unpaired) electrons. The smallest absolute Gasteiger partial charge is 0.307 e. The first-order chi connectivity index (χ1) is 11.6. The van der Waals surface area contributed by atoms with Crippen LogP contribution < -0.4 is 0 Å². The molecule has 2 N–H and O–H groups in total. The van der Waals surface area contributed by atoms with Crippen LogP contribution in [0.15, 0.2) is 46.9 Å². The summed E-state index contributed by atoms with van der Waals surface area (Å²) in [5.41, 5.74) is 5.01. The lowest BCUT2D eigenvalue weighted by molar-refractivity contribution is -0.136. The summed E-state index contributed by atoms with van der Waals surface area (Å²) in [5.74, 6) is -0.812. The first kappa shape index (κ1) is 16.8. The molecule has 24 heavy (non-hydrogen) atoms. The van der Waals surface area contributed by atoms with Crippen LogP contribution in [0.2, 0.25) is 0 Å². The lowest BCUT2D eigenvalue weighted by atomic mass is 10.00. The monoisotopic (exact) mass is 385 g/mol. The molecule has 3 nitrogen and oxygen atoms in total. The van der Waals surface area contributed by atoms with E-state index in [2.05, 4.69) is 46.0 Å². The van der Waals surface area contributed by atoms with E-state index in [9.17, 15) is 9.90 Å². The minimum atomic E-state index is -0.812. The number of H-pyrrole nitrogens is 1. The highest BCUT2D eigenvalue weighted by Gasteiger charge is 2.16. The van der Waals surface area contributed by atoms with Crippen molar-refractivity contribution in [1.29, 1.82) is 0 Å². The maximum atomic E-state index is 11.4. The third-order valence-corrected chi connectivity index (χ3v) is 4.78. The van der Waals surface area contributed by atoms with E-state index in [4.69, 9.17) is 0 Å². The second kappa shape index (κ2) is 7.22. The first-order valence-corrected chi connectivity index (χ1v) is 8.99. The number of unbranched alkanes of at least 4 members (excludes halogenated alkanes) is 1. The Morgan fingerprint density at radius 3 is 2.58 bits per heavy atom. The number of rotatable bonds is 6. The topological polar surface area (TPSA) is 53.1 Å². The molecule has 0 unspecified atom stereocenters. The van der Waals surface area contributed by atoms with Gasteiger partial charge in [0.15, 0.2) is 0 Å². The van der Waals surface area contributed by atoms with Crippen molar-refractivity contribution in [3.63, 3.8) is 0 Å². The number of fused-ring (bicyclic) bond motifs is 1. The zero-order valence-electron chi connectivity index (χ0n) is 13.6. The number of nitrogens with one attached hydrogen (secondary N) is 1. The largest absolute Gasteiger partial charge is 0.481 e. The molecule has 0 spiro atoms. The SMILES string of the molecule is CCCCc1ccc2[nH]c(-c3ccc(Br)cc3)c(CC(=O)O)c2c1. The van der Waals surface area contributed by atoms with Gasteiger partial charge in [0.25, 0.3) is 0 Å². The van der Waals surface area contributed by atoms with E-state index in [1.54, 1.807) is 0 Å². The summed E-state index contributed by atoms with van der Waals surface area (Å²) in [7, 11) is 0.